The van der Waals surface area contributed by atoms with Crippen LogP contribution >= 0.6 is 0 Å². The number of ether oxygens (including phenoxy) is 1. The van der Waals surface area contributed by atoms with Crippen molar-refractivity contribution >= 4 is 6.09 Å². The van der Waals surface area contributed by atoms with Gasteiger partial charge in [-0.2, -0.15) is 0 Å². The molecule has 0 heterocycles. The van der Waals surface area contributed by atoms with Crippen LogP contribution in [0.1, 0.15) is 32.6 Å². The van der Waals surface area contributed by atoms with Crippen LogP contribution in [-0.2, 0) is 4.74 Å². The molecule has 1 saturated carbocycles. The molecule has 63 valence electrons. The van der Waals surface area contributed by atoms with E-state index in [2.05, 4.69) is 5.32 Å². The molecule has 11 heavy (non-hydrogen) atoms. The summed E-state index contributed by atoms with van der Waals surface area (Å²) in [5, 5.41) is 2.49. The zero-order chi connectivity index (χ0) is 8.10. The minimum atomic E-state index is -0.320. The molecule has 0 saturated heterocycles. The molecule has 0 aromatic heterocycles. The summed E-state index contributed by atoms with van der Waals surface area (Å²) in [5.74, 6) is 0. The van der Waals surface area contributed by atoms with Crippen molar-refractivity contribution in [2.75, 3.05) is 0 Å². The van der Waals surface area contributed by atoms with E-state index in [1.807, 2.05) is 0 Å². The predicted molar refractivity (Wildman–Crippen MR) is 41.8 cm³/mol. The summed E-state index contributed by atoms with van der Waals surface area (Å²) in [6.45, 7) is 3.34. The predicted octanol–water partition coefficient (Wildman–Crippen LogP) is 1.84. The van der Waals surface area contributed by atoms with E-state index in [1.165, 1.54) is 12.8 Å². The Labute approximate surface area is 67.1 Å². The fourth-order valence-electron chi connectivity index (χ4n) is 1.31. The topological polar surface area (TPSA) is 38.3 Å². The molecule has 1 N–H and O–H groups in total. The van der Waals surface area contributed by atoms with E-state index in [1.54, 1.807) is 13.5 Å². The van der Waals surface area contributed by atoms with Crippen LogP contribution in [0.15, 0.2) is 0 Å². The molecule has 1 aliphatic carbocycles. The lowest BCUT2D eigenvalue weighted by Gasteiger charge is -2.10. The number of amides is 1. The van der Waals surface area contributed by atoms with Crippen LogP contribution in [0.3, 0.4) is 0 Å². The van der Waals surface area contributed by atoms with Crippen molar-refractivity contribution < 1.29 is 9.53 Å². The molecule has 0 spiro atoms. The van der Waals surface area contributed by atoms with Gasteiger partial charge in [-0.3, -0.25) is 0 Å². The highest BCUT2D eigenvalue weighted by molar-refractivity contribution is 5.68. The summed E-state index contributed by atoms with van der Waals surface area (Å²) in [5.41, 5.74) is 0. The molecule has 1 rings (SSSR count). The van der Waals surface area contributed by atoms with Crippen molar-refractivity contribution in [2.45, 2.75) is 38.7 Å². The first kappa shape index (κ1) is 8.37. The molecule has 1 aliphatic rings. The number of rotatable bonds is 2. The highest BCUT2D eigenvalue weighted by Crippen LogP contribution is 2.20. The van der Waals surface area contributed by atoms with Gasteiger partial charge in [-0.1, -0.05) is 0 Å². The number of hydrogen-bond donors (Lipinski definition) is 1. The number of hydrogen-bond acceptors (Lipinski definition) is 2. The average molecular weight is 156 g/mol. The van der Waals surface area contributed by atoms with Gasteiger partial charge in [0.25, 0.3) is 0 Å². The Kier molecular flexibility index (Phi) is 3.20. The van der Waals surface area contributed by atoms with Crippen molar-refractivity contribution in [2.24, 2.45) is 0 Å². The van der Waals surface area contributed by atoms with E-state index < -0.39 is 0 Å². The van der Waals surface area contributed by atoms with E-state index in [0.29, 0.717) is 0 Å². The Balaban J connectivity index is 2.13. The SMILES string of the molecule is C[CH]NC(=O)OC1CCCC1. The Bertz CT molecular complexity index is 130. The first-order valence-corrected chi connectivity index (χ1v) is 4.08. The Hall–Kier alpha value is -0.730. The van der Waals surface area contributed by atoms with Crippen LogP contribution < -0.4 is 5.32 Å². The van der Waals surface area contributed by atoms with Crippen molar-refractivity contribution in [3.63, 3.8) is 0 Å². The number of alkyl carbamates (subject to hydrolysis) is 1. The molecule has 1 amide bonds. The van der Waals surface area contributed by atoms with Crippen molar-refractivity contribution in [3.05, 3.63) is 6.54 Å². The van der Waals surface area contributed by atoms with Gasteiger partial charge in [0.2, 0.25) is 0 Å². The molecule has 0 aromatic rings. The highest BCUT2D eigenvalue weighted by atomic mass is 16.6. The second-order valence-electron chi connectivity index (χ2n) is 2.74. The van der Waals surface area contributed by atoms with E-state index in [-0.39, 0.29) is 12.2 Å². The summed E-state index contributed by atoms with van der Waals surface area (Å²) in [6, 6.07) is 0. The number of carbonyl (C=O) groups excluding carboxylic acids is 1. The summed E-state index contributed by atoms with van der Waals surface area (Å²) < 4.78 is 5.07. The molecule has 0 aromatic carbocycles. The third-order valence-corrected chi connectivity index (χ3v) is 1.84. The van der Waals surface area contributed by atoms with Crippen LogP contribution in [-0.4, -0.2) is 12.2 Å². The van der Waals surface area contributed by atoms with Crippen LogP contribution in [0, 0.1) is 6.54 Å². The summed E-state index contributed by atoms with van der Waals surface area (Å²) >= 11 is 0. The molecule has 0 bridgehead atoms. The molecule has 0 unspecified atom stereocenters. The van der Waals surface area contributed by atoms with Crippen molar-refractivity contribution in [1.29, 1.82) is 0 Å². The van der Waals surface area contributed by atoms with Crippen LogP contribution in [0.25, 0.3) is 0 Å². The molecule has 3 heteroatoms. The average Bonchev–Trinajstić information content (AvgIpc) is 2.40. The van der Waals surface area contributed by atoms with Gasteiger partial charge in [-0.15, -0.1) is 0 Å². The second kappa shape index (κ2) is 4.21. The molecular weight excluding hydrogens is 142 g/mol. The largest absolute Gasteiger partial charge is 0.446 e. The molecule has 0 aliphatic heterocycles. The minimum absolute atomic E-state index is 0.162. The van der Waals surface area contributed by atoms with E-state index >= 15 is 0 Å². The normalized spacial score (nSPS) is 18.3. The Morgan fingerprint density at radius 1 is 1.55 bits per heavy atom. The van der Waals surface area contributed by atoms with Crippen LogP contribution in [0.2, 0.25) is 0 Å². The van der Waals surface area contributed by atoms with Gasteiger partial charge in [0.05, 0.1) is 0 Å². The quantitative estimate of drug-likeness (QED) is 0.662. The fourth-order valence-corrected chi connectivity index (χ4v) is 1.31. The van der Waals surface area contributed by atoms with Crippen LogP contribution in [0.5, 0.6) is 0 Å². The zero-order valence-electron chi connectivity index (χ0n) is 6.80. The summed E-state index contributed by atoms with van der Waals surface area (Å²) in [6.07, 6.45) is 4.27. The third kappa shape index (κ3) is 2.78. The lowest BCUT2D eigenvalue weighted by Crippen LogP contribution is -2.24. The van der Waals surface area contributed by atoms with Gasteiger partial charge in [0.15, 0.2) is 0 Å². The number of nitrogens with one attached hydrogen (secondary N) is 1. The lowest BCUT2D eigenvalue weighted by atomic mass is 10.3. The molecule has 0 atom stereocenters. The Morgan fingerprint density at radius 2 is 2.18 bits per heavy atom. The Morgan fingerprint density at radius 3 is 2.73 bits per heavy atom. The first-order chi connectivity index (χ1) is 5.33. The molecule has 1 radical (unpaired) electrons. The smallest absolute Gasteiger partial charge is 0.407 e. The highest BCUT2D eigenvalue weighted by Gasteiger charge is 2.18. The standard InChI is InChI=1S/C8H14NO2/c1-2-9-8(10)11-7-5-3-4-6-7/h2,7H,3-6H2,1H3,(H,9,10). The maximum Gasteiger partial charge on any atom is 0.407 e. The lowest BCUT2D eigenvalue weighted by molar-refractivity contribution is 0.103. The van der Waals surface area contributed by atoms with Crippen molar-refractivity contribution in [3.8, 4) is 0 Å². The van der Waals surface area contributed by atoms with Gasteiger partial charge in [-0.25, -0.2) is 4.79 Å². The number of carbonyl (C=O) groups is 1. The second-order valence-corrected chi connectivity index (χ2v) is 2.74. The maximum atomic E-state index is 10.8. The van der Waals surface area contributed by atoms with E-state index in [9.17, 15) is 4.79 Å². The summed E-state index contributed by atoms with van der Waals surface area (Å²) in [4.78, 5) is 10.8. The van der Waals surface area contributed by atoms with E-state index in [0.717, 1.165) is 12.8 Å². The first-order valence-electron chi connectivity index (χ1n) is 4.08. The minimum Gasteiger partial charge on any atom is -0.446 e. The van der Waals surface area contributed by atoms with E-state index in [4.69, 9.17) is 4.74 Å². The summed E-state index contributed by atoms with van der Waals surface area (Å²) in [7, 11) is 0. The molecule has 1 fully saturated rings. The van der Waals surface area contributed by atoms with Gasteiger partial charge in [0.1, 0.15) is 6.10 Å². The van der Waals surface area contributed by atoms with Gasteiger partial charge >= 0.3 is 6.09 Å². The van der Waals surface area contributed by atoms with Crippen LogP contribution in [0.4, 0.5) is 4.79 Å². The maximum absolute atomic E-state index is 10.8. The van der Waals surface area contributed by atoms with Crippen molar-refractivity contribution in [1.82, 2.24) is 5.32 Å². The third-order valence-electron chi connectivity index (χ3n) is 1.84. The van der Waals surface area contributed by atoms with Gasteiger partial charge < -0.3 is 10.1 Å². The molecule has 3 nitrogen and oxygen atoms in total. The fraction of sp³-hybridized carbons (Fsp3) is 0.750. The zero-order valence-corrected chi connectivity index (χ0v) is 6.80. The molecular formula is C8H14NO2. The monoisotopic (exact) mass is 156 g/mol. The van der Waals surface area contributed by atoms with Gasteiger partial charge in [-0.05, 0) is 32.6 Å². The van der Waals surface area contributed by atoms with Gasteiger partial charge in [0, 0.05) is 6.54 Å².